The Morgan fingerprint density at radius 1 is 1.07 bits per heavy atom. The van der Waals surface area contributed by atoms with Gasteiger partial charge in [-0.25, -0.2) is 17.6 Å². The van der Waals surface area contributed by atoms with E-state index in [2.05, 4.69) is 5.32 Å². The van der Waals surface area contributed by atoms with Crippen molar-refractivity contribution in [3.63, 3.8) is 0 Å². The van der Waals surface area contributed by atoms with E-state index in [9.17, 15) is 27.2 Å². The Balaban J connectivity index is 1.54. The van der Waals surface area contributed by atoms with Gasteiger partial charge in [0.15, 0.2) is 11.6 Å². The molecular weight excluding hydrogens is 388 g/mol. The molecule has 4 nitrogen and oxygen atoms in total. The molecule has 8 heteroatoms. The van der Waals surface area contributed by atoms with Gasteiger partial charge in [-0.3, -0.25) is 9.59 Å². The van der Waals surface area contributed by atoms with Gasteiger partial charge in [0.25, 0.3) is 0 Å². The van der Waals surface area contributed by atoms with Crippen LogP contribution in [0.25, 0.3) is 0 Å². The number of carbonyl (C=O) groups excluding carboxylic acids is 2. The molecule has 2 amide bonds. The van der Waals surface area contributed by atoms with E-state index in [0.29, 0.717) is 6.42 Å². The van der Waals surface area contributed by atoms with Gasteiger partial charge in [0.2, 0.25) is 11.8 Å². The maximum Gasteiger partial charge on any atom is 0.223 e. The largest absolute Gasteiger partial charge is 0.356 e. The fourth-order valence-electron chi connectivity index (χ4n) is 3.42. The SMILES string of the molecule is O=C(CC1CCC(=O)N1Cc1cccc(F)c1F)NCCc1ccc(F)cc1F. The molecule has 1 saturated heterocycles. The lowest BCUT2D eigenvalue weighted by Gasteiger charge is -2.25. The van der Waals surface area contributed by atoms with E-state index in [1.165, 1.54) is 23.1 Å². The van der Waals surface area contributed by atoms with Crippen LogP contribution >= 0.6 is 0 Å². The summed E-state index contributed by atoms with van der Waals surface area (Å²) >= 11 is 0. The van der Waals surface area contributed by atoms with Gasteiger partial charge in [-0.2, -0.15) is 0 Å². The number of benzene rings is 2. The molecule has 1 atom stereocenters. The number of rotatable bonds is 7. The number of nitrogens with zero attached hydrogens (tertiary/aromatic N) is 1. The Hall–Kier alpha value is -2.90. The number of halogens is 4. The van der Waals surface area contributed by atoms with Gasteiger partial charge < -0.3 is 10.2 Å². The highest BCUT2D eigenvalue weighted by Crippen LogP contribution is 2.25. The number of hydrogen-bond acceptors (Lipinski definition) is 2. The molecule has 0 aliphatic carbocycles. The first kappa shape index (κ1) is 20.8. The summed E-state index contributed by atoms with van der Waals surface area (Å²) in [7, 11) is 0. The average Bonchev–Trinajstić information content (AvgIpc) is 3.00. The lowest BCUT2D eigenvalue weighted by Crippen LogP contribution is -2.37. The number of likely N-dealkylation sites (tertiary alicyclic amines) is 1. The molecular formula is C21H20F4N2O2. The van der Waals surface area contributed by atoms with Crippen LogP contribution < -0.4 is 5.32 Å². The van der Waals surface area contributed by atoms with Gasteiger partial charge in [-0.15, -0.1) is 0 Å². The Morgan fingerprint density at radius 3 is 2.62 bits per heavy atom. The first-order valence-electron chi connectivity index (χ1n) is 9.28. The van der Waals surface area contributed by atoms with Crippen molar-refractivity contribution in [2.45, 2.75) is 38.3 Å². The van der Waals surface area contributed by atoms with Crippen molar-refractivity contribution in [3.05, 3.63) is 70.8 Å². The van der Waals surface area contributed by atoms with Crippen LogP contribution in [0.15, 0.2) is 36.4 Å². The zero-order valence-electron chi connectivity index (χ0n) is 15.6. The molecule has 3 rings (SSSR count). The first-order chi connectivity index (χ1) is 13.8. The summed E-state index contributed by atoms with van der Waals surface area (Å²) < 4.78 is 53.8. The highest BCUT2D eigenvalue weighted by molar-refractivity contribution is 5.82. The summed E-state index contributed by atoms with van der Waals surface area (Å²) in [5.41, 5.74) is 0.336. The Morgan fingerprint density at radius 2 is 1.86 bits per heavy atom. The van der Waals surface area contributed by atoms with Crippen molar-refractivity contribution < 1.29 is 27.2 Å². The van der Waals surface area contributed by atoms with Gasteiger partial charge in [0.05, 0.1) is 0 Å². The molecule has 1 fully saturated rings. The van der Waals surface area contributed by atoms with Crippen LogP contribution in [0, 0.1) is 23.3 Å². The van der Waals surface area contributed by atoms with E-state index >= 15 is 0 Å². The number of nitrogens with one attached hydrogen (secondary N) is 1. The van der Waals surface area contributed by atoms with Crippen molar-refractivity contribution in [1.82, 2.24) is 10.2 Å². The lowest BCUT2D eigenvalue weighted by atomic mass is 10.1. The van der Waals surface area contributed by atoms with Crippen LogP contribution in [0.5, 0.6) is 0 Å². The lowest BCUT2D eigenvalue weighted by molar-refractivity contribution is -0.130. The second kappa shape index (κ2) is 9.07. The van der Waals surface area contributed by atoms with E-state index in [4.69, 9.17) is 0 Å². The Bertz CT molecular complexity index is 920. The van der Waals surface area contributed by atoms with Crippen LogP contribution in [0.3, 0.4) is 0 Å². The normalized spacial score (nSPS) is 16.3. The van der Waals surface area contributed by atoms with E-state index in [0.717, 1.165) is 18.2 Å². The standard InChI is InChI=1S/C21H20F4N2O2/c22-15-5-4-13(18(24)10-15)8-9-26-19(28)11-16-6-7-20(29)27(16)12-14-2-1-3-17(23)21(14)25/h1-5,10,16H,6-9,11-12H2,(H,26,28). The van der Waals surface area contributed by atoms with Crippen LogP contribution in [0.4, 0.5) is 17.6 Å². The highest BCUT2D eigenvalue weighted by Gasteiger charge is 2.33. The van der Waals surface area contributed by atoms with E-state index in [1.54, 1.807) is 0 Å². The average molecular weight is 408 g/mol. The van der Waals surface area contributed by atoms with Crippen LogP contribution in [-0.4, -0.2) is 29.3 Å². The summed E-state index contributed by atoms with van der Waals surface area (Å²) in [4.78, 5) is 25.7. The molecule has 1 aliphatic rings. The molecule has 1 aliphatic heterocycles. The monoisotopic (exact) mass is 408 g/mol. The van der Waals surface area contributed by atoms with Crippen molar-refractivity contribution >= 4 is 11.8 Å². The molecule has 154 valence electrons. The maximum absolute atomic E-state index is 13.9. The predicted octanol–water partition coefficient (Wildman–Crippen LogP) is 3.48. The van der Waals surface area contributed by atoms with Gasteiger partial charge in [0, 0.05) is 43.6 Å². The first-order valence-corrected chi connectivity index (χ1v) is 9.28. The third kappa shape index (κ3) is 5.13. The summed E-state index contributed by atoms with van der Waals surface area (Å²) in [6.07, 6.45) is 0.875. The van der Waals surface area contributed by atoms with E-state index in [1.807, 2.05) is 0 Å². The minimum atomic E-state index is -1.00. The second-order valence-electron chi connectivity index (χ2n) is 6.97. The van der Waals surface area contributed by atoms with Gasteiger partial charge in [-0.1, -0.05) is 18.2 Å². The van der Waals surface area contributed by atoms with E-state index in [-0.39, 0.29) is 55.3 Å². The molecule has 0 aromatic heterocycles. The van der Waals surface area contributed by atoms with Crippen molar-refractivity contribution in [3.8, 4) is 0 Å². The van der Waals surface area contributed by atoms with Crippen LogP contribution in [0.1, 0.15) is 30.4 Å². The van der Waals surface area contributed by atoms with Gasteiger partial charge >= 0.3 is 0 Å². The number of carbonyl (C=O) groups is 2. The summed E-state index contributed by atoms with van der Waals surface area (Å²) in [6.45, 7) is 0.0434. The zero-order valence-corrected chi connectivity index (χ0v) is 15.6. The molecule has 0 spiro atoms. The highest BCUT2D eigenvalue weighted by atomic mass is 19.2. The molecule has 0 bridgehead atoms. The van der Waals surface area contributed by atoms with Crippen molar-refractivity contribution in [2.24, 2.45) is 0 Å². The Kier molecular flexibility index (Phi) is 6.51. The van der Waals surface area contributed by atoms with Gasteiger partial charge in [-0.05, 0) is 30.5 Å². The fraction of sp³-hybridized carbons (Fsp3) is 0.333. The molecule has 0 saturated carbocycles. The Labute approximate surface area is 165 Å². The maximum atomic E-state index is 13.9. The predicted molar refractivity (Wildman–Crippen MR) is 97.6 cm³/mol. The van der Waals surface area contributed by atoms with Crippen LogP contribution in [-0.2, 0) is 22.6 Å². The van der Waals surface area contributed by atoms with Crippen molar-refractivity contribution in [1.29, 1.82) is 0 Å². The second-order valence-corrected chi connectivity index (χ2v) is 6.97. The molecule has 2 aromatic carbocycles. The third-order valence-corrected chi connectivity index (χ3v) is 4.98. The smallest absolute Gasteiger partial charge is 0.223 e. The van der Waals surface area contributed by atoms with Gasteiger partial charge in [0.1, 0.15) is 11.6 Å². The number of amides is 2. The summed E-state index contributed by atoms with van der Waals surface area (Å²) in [5, 5.41) is 2.65. The summed E-state index contributed by atoms with van der Waals surface area (Å²) in [5.74, 6) is -3.90. The minimum Gasteiger partial charge on any atom is -0.356 e. The minimum absolute atomic E-state index is 0.00851. The molecule has 2 aromatic rings. The summed E-state index contributed by atoms with van der Waals surface area (Å²) in [6, 6.07) is 6.59. The molecule has 1 heterocycles. The number of hydrogen-bond donors (Lipinski definition) is 1. The fourth-order valence-corrected chi connectivity index (χ4v) is 3.42. The van der Waals surface area contributed by atoms with Crippen molar-refractivity contribution in [2.75, 3.05) is 6.54 Å². The zero-order chi connectivity index (χ0) is 21.0. The molecule has 29 heavy (non-hydrogen) atoms. The van der Waals surface area contributed by atoms with E-state index < -0.39 is 29.3 Å². The third-order valence-electron chi connectivity index (χ3n) is 4.98. The molecule has 0 radical (unpaired) electrons. The van der Waals surface area contributed by atoms with Crippen LogP contribution in [0.2, 0.25) is 0 Å². The quantitative estimate of drug-likeness (QED) is 0.714. The topological polar surface area (TPSA) is 49.4 Å². The molecule has 1 unspecified atom stereocenters. The molecule has 1 N–H and O–H groups in total.